The van der Waals surface area contributed by atoms with Crippen molar-refractivity contribution in [3.05, 3.63) is 57.3 Å². The van der Waals surface area contributed by atoms with Gasteiger partial charge in [-0.3, -0.25) is 9.78 Å². The second-order valence-electron chi connectivity index (χ2n) is 4.01. The zero-order valence-corrected chi connectivity index (χ0v) is 12.6. The van der Waals surface area contributed by atoms with Gasteiger partial charge in [-0.25, -0.2) is 0 Å². The first-order chi connectivity index (χ1) is 9.77. The number of carbonyl (C=O) groups excluding carboxylic acids is 1. The molecule has 1 amide bonds. The quantitative estimate of drug-likeness (QED) is 0.817. The van der Waals surface area contributed by atoms with Gasteiger partial charge in [0.25, 0.3) is 5.91 Å². The minimum atomic E-state index is -4.54. The van der Waals surface area contributed by atoms with E-state index in [1.54, 1.807) is 18.2 Å². The van der Waals surface area contributed by atoms with Crippen LogP contribution in [0.15, 0.2) is 41.0 Å². The Balaban J connectivity index is 2.17. The molecule has 1 heterocycles. The van der Waals surface area contributed by atoms with E-state index in [0.717, 1.165) is 22.8 Å². The Bertz CT molecular complexity index is 674. The molecule has 0 bridgehead atoms. The van der Waals surface area contributed by atoms with Crippen molar-refractivity contribution < 1.29 is 18.0 Å². The summed E-state index contributed by atoms with van der Waals surface area (Å²) in [5.41, 5.74) is -0.701. The lowest BCUT2D eigenvalue weighted by Crippen LogP contribution is -2.14. The lowest BCUT2D eigenvalue weighted by atomic mass is 10.2. The van der Waals surface area contributed by atoms with Gasteiger partial charge in [0.1, 0.15) is 5.69 Å². The van der Waals surface area contributed by atoms with Crippen molar-refractivity contribution in [2.45, 2.75) is 6.18 Å². The highest BCUT2D eigenvalue weighted by Crippen LogP contribution is 2.28. The Morgan fingerprint density at radius 1 is 1.24 bits per heavy atom. The molecule has 0 aliphatic heterocycles. The molecule has 0 saturated heterocycles. The molecule has 110 valence electrons. The number of amides is 1. The summed E-state index contributed by atoms with van der Waals surface area (Å²) in [6.07, 6.45) is -3.67. The molecule has 0 atom stereocenters. The second kappa shape index (κ2) is 6.03. The fraction of sp³-hybridized carbons (Fsp3) is 0.0769. The number of alkyl halides is 3. The van der Waals surface area contributed by atoms with Crippen molar-refractivity contribution in [1.82, 2.24) is 4.98 Å². The minimum Gasteiger partial charge on any atom is -0.321 e. The van der Waals surface area contributed by atoms with Crippen LogP contribution in [0.25, 0.3) is 0 Å². The first-order valence-electron chi connectivity index (χ1n) is 5.57. The molecule has 2 aromatic rings. The first-order valence-corrected chi connectivity index (χ1v) is 6.74. The van der Waals surface area contributed by atoms with Gasteiger partial charge >= 0.3 is 6.18 Å². The SMILES string of the molecule is O=C(Nc1ccc(Br)cc1Cl)c1ccc(C(F)(F)F)nc1. The molecule has 0 unspecified atom stereocenters. The molecule has 1 aromatic carbocycles. The van der Waals surface area contributed by atoms with Crippen molar-refractivity contribution in [1.29, 1.82) is 0 Å². The summed E-state index contributed by atoms with van der Waals surface area (Å²) in [5.74, 6) is -0.597. The Morgan fingerprint density at radius 3 is 2.48 bits per heavy atom. The molecule has 8 heteroatoms. The molecule has 0 saturated carbocycles. The molecule has 2 rings (SSSR count). The number of hydrogen-bond donors (Lipinski definition) is 1. The van der Waals surface area contributed by atoms with Crippen LogP contribution in [0.1, 0.15) is 16.1 Å². The van der Waals surface area contributed by atoms with Crippen molar-refractivity contribution in [3.63, 3.8) is 0 Å². The molecular weight excluding hydrogens is 373 g/mol. The molecule has 3 nitrogen and oxygen atoms in total. The van der Waals surface area contributed by atoms with E-state index in [4.69, 9.17) is 11.6 Å². The maximum atomic E-state index is 12.4. The summed E-state index contributed by atoms with van der Waals surface area (Å²) >= 11 is 9.16. The van der Waals surface area contributed by atoms with Gasteiger partial charge in [0.2, 0.25) is 0 Å². The van der Waals surface area contributed by atoms with Crippen LogP contribution < -0.4 is 5.32 Å². The largest absolute Gasteiger partial charge is 0.433 e. The topological polar surface area (TPSA) is 42.0 Å². The van der Waals surface area contributed by atoms with Crippen LogP contribution in [-0.2, 0) is 6.18 Å². The summed E-state index contributed by atoms with van der Waals surface area (Å²) in [5, 5.41) is 2.80. The van der Waals surface area contributed by atoms with Crippen molar-refractivity contribution in [2.75, 3.05) is 5.32 Å². The lowest BCUT2D eigenvalue weighted by molar-refractivity contribution is -0.141. The fourth-order valence-electron chi connectivity index (χ4n) is 1.48. The lowest BCUT2D eigenvalue weighted by Gasteiger charge is -2.09. The number of nitrogens with one attached hydrogen (secondary N) is 1. The first kappa shape index (κ1) is 15.8. The predicted molar refractivity (Wildman–Crippen MR) is 76.3 cm³/mol. The number of carbonyl (C=O) groups is 1. The highest BCUT2D eigenvalue weighted by Gasteiger charge is 2.32. The van der Waals surface area contributed by atoms with Gasteiger partial charge in [-0.2, -0.15) is 13.2 Å². The summed E-state index contributed by atoms with van der Waals surface area (Å²) in [4.78, 5) is 15.1. The Morgan fingerprint density at radius 2 is 1.95 bits per heavy atom. The van der Waals surface area contributed by atoms with Gasteiger partial charge in [0, 0.05) is 10.7 Å². The van der Waals surface area contributed by atoms with E-state index in [2.05, 4.69) is 26.2 Å². The Kier molecular flexibility index (Phi) is 4.53. The Hall–Kier alpha value is -1.60. The van der Waals surface area contributed by atoms with Gasteiger partial charge in [-0.1, -0.05) is 27.5 Å². The fourth-order valence-corrected chi connectivity index (χ4v) is 2.20. The van der Waals surface area contributed by atoms with E-state index in [9.17, 15) is 18.0 Å². The van der Waals surface area contributed by atoms with Gasteiger partial charge < -0.3 is 5.32 Å². The van der Waals surface area contributed by atoms with Gasteiger partial charge in [0.15, 0.2) is 0 Å². The maximum Gasteiger partial charge on any atom is 0.433 e. The van der Waals surface area contributed by atoms with Crippen LogP contribution in [0.2, 0.25) is 5.02 Å². The highest BCUT2D eigenvalue weighted by atomic mass is 79.9. The molecule has 0 aliphatic carbocycles. The number of nitrogens with zero attached hydrogens (tertiary/aromatic N) is 1. The number of anilines is 1. The number of rotatable bonds is 2. The minimum absolute atomic E-state index is 0.00184. The third-order valence-electron chi connectivity index (χ3n) is 2.50. The molecule has 1 N–H and O–H groups in total. The number of hydrogen-bond acceptors (Lipinski definition) is 2. The number of halogens is 5. The van der Waals surface area contributed by atoms with Gasteiger partial charge in [-0.15, -0.1) is 0 Å². The monoisotopic (exact) mass is 378 g/mol. The third kappa shape index (κ3) is 3.95. The zero-order chi connectivity index (χ0) is 15.6. The standard InChI is InChI=1S/C13H7BrClF3N2O/c14-8-2-3-10(9(15)5-8)20-12(21)7-1-4-11(19-6-7)13(16,17)18/h1-6H,(H,20,21). The summed E-state index contributed by atoms with van der Waals surface area (Å²) in [6, 6.07) is 6.63. The van der Waals surface area contributed by atoms with Crippen LogP contribution in [0.3, 0.4) is 0 Å². The van der Waals surface area contributed by atoms with Crippen LogP contribution in [0.4, 0.5) is 18.9 Å². The van der Waals surface area contributed by atoms with E-state index in [0.29, 0.717) is 10.7 Å². The molecular formula is C13H7BrClF3N2O. The van der Waals surface area contributed by atoms with Gasteiger partial charge in [-0.05, 0) is 30.3 Å². The van der Waals surface area contributed by atoms with Crippen LogP contribution in [0, 0.1) is 0 Å². The van der Waals surface area contributed by atoms with E-state index >= 15 is 0 Å². The van der Waals surface area contributed by atoms with Crippen LogP contribution in [-0.4, -0.2) is 10.9 Å². The molecule has 0 aliphatic rings. The second-order valence-corrected chi connectivity index (χ2v) is 5.33. The van der Waals surface area contributed by atoms with Crippen molar-refractivity contribution in [3.8, 4) is 0 Å². The van der Waals surface area contributed by atoms with Crippen LogP contribution >= 0.6 is 27.5 Å². The summed E-state index contributed by atoms with van der Waals surface area (Å²) in [6.45, 7) is 0. The number of aromatic nitrogens is 1. The smallest absolute Gasteiger partial charge is 0.321 e. The number of benzene rings is 1. The maximum absolute atomic E-state index is 12.4. The summed E-state index contributed by atoms with van der Waals surface area (Å²) in [7, 11) is 0. The van der Waals surface area contributed by atoms with E-state index < -0.39 is 17.8 Å². The zero-order valence-electron chi connectivity index (χ0n) is 10.2. The van der Waals surface area contributed by atoms with Gasteiger partial charge in [0.05, 0.1) is 16.3 Å². The molecule has 1 aromatic heterocycles. The highest BCUT2D eigenvalue weighted by molar-refractivity contribution is 9.10. The molecule has 0 radical (unpaired) electrons. The summed E-state index contributed by atoms with van der Waals surface area (Å²) < 4.78 is 37.9. The number of pyridine rings is 1. The van der Waals surface area contributed by atoms with Crippen molar-refractivity contribution >= 4 is 39.1 Å². The molecule has 0 fully saturated rings. The van der Waals surface area contributed by atoms with Crippen molar-refractivity contribution in [2.24, 2.45) is 0 Å². The molecule has 21 heavy (non-hydrogen) atoms. The van der Waals surface area contributed by atoms with E-state index in [1.807, 2.05) is 0 Å². The Labute approximate surface area is 131 Å². The van der Waals surface area contributed by atoms with Crippen LogP contribution in [0.5, 0.6) is 0 Å². The van der Waals surface area contributed by atoms with E-state index in [1.165, 1.54) is 0 Å². The third-order valence-corrected chi connectivity index (χ3v) is 3.30. The molecule has 0 spiro atoms. The normalized spacial score (nSPS) is 11.3. The average molecular weight is 380 g/mol. The predicted octanol–water partition coefficient (Wildman–Crippen LogP) is 4.77. The average Bonchev–Trinajstić information content (AvgIpc) is 2.41. The van der Waals surface area contributed by atoms with E-state index in [-0.39, 0.29) is 5.56 Å².